The van der Waals surface area contributed by atoms with Gasteiger partial charge in [0.05, 0.1) is 0 Å². The maximum Gasteiger partial charge on any atom is 0.263 e. The molecule has 2 saturated heterocycles. The van der Waals surface area contributed by atoms with Crippen molar-refractivity contribution in [3.8, 4) is 0 Å². The Morgan fingerprint density at radius 2 is 2.00 bits per heavy atom. The SMILES string of the molecule is O=C(NCCN1CCCCC1=O)c1ccc2n(c1=O)C[C@H]1C[C@@H]2CN(c2ccccn2)C1. The van der Waals surface area contributed by atoms with E-state index in [1.54, 1.807) is 15.5 Å². The predicted octanol–water partition coefficient (Wildman–Crippen LogP) is 1.61. The average molecular weight is 436 g/mol. The Kier molecular flexibility index (Phi) is 5.68. The van der Waals surface area contributed by atoms with Crippen molar-refractivity contribution in [1.29, 1.82) is 0 Å². The van der Waals surface area contributed by atoms with Crippen LogP contribution in [0.25, 0.3) is 0 Å². The third-order valence-electron chi connectivity index (χ3n) is 6.91. The van der Waals surface area contributed by atoms with Crippen LogP contribution in [0.1, 0.15) is 47.7 Å². The maximum atomic E-state index is 13.2. The molecule has 5 rings (SSSR count). The molecular formula is C24H29N5O3. The summed E-state index contributed by atoms with van der Waals surface area (Å²) in [7, 11) is 0. The second kappa shape index (κ2) is 8.76. The molecule has 0 aliphatic carbocycles. The number of carbonyl (C=O) groups excluding carboxylic acids is 2. The Morgan fingerprint density at radius 1 is 1.09 bits per heavy atom. The minimum atomic E-state index is -0.361. The van der Waals surface area contributed by atoms with Crippen LogP contribution in [0.2, 0.25) is 0 Å². The van der Waals surface area contributed by atoms with Gasteiger partial charge in [-0.1, -0.05) is 6.07 Å². The fourth-order valence-corrected chi connectivity index (χ4v) is 5.34. The summed E-state index contributed by atoms with van der Waals surface area (Å²) in [4.78, 5) is 46.4. The van der Waals surface area contributed by atoms with Crippen LogP contribution in [0.3, 0.4) is 0 Å². The summed E-state index contributed by atoms with van der Waals surface area (Å²) in [6.07, 6.45) is 5.39. The third-order valence-corrected chi connectivity index (χ3v) is 6.91. The van der Waals surface area contributed by atoms with Gasteiger partial charge in [-0.15, -0.1) is 0 Å². The molecule has 0 unspecified atom stereocenters. The molecule has 0 radical (unpaired) electrons. The number of likely N-dealkylation sites (tertiary alicyclic amines) is 1. The van der Waals surface area contributed by atoms with E-state index in [2.05, 4.69) is 15.2 Å². The summed E-state index contributed by atoms with van der Waals surface area (Å²) in [6.45, 7) is 3.90. The Hall–Kier alpha value is -3.16. The molecule has 8 heteroatoms. The van der Waals surface area contributed by atoms with Crippen molar-refractivity contribution in [2.24, 2.45) is 5.92 Å². The molecule has 0 spiro atoms. The lowest BCUT2D eigenvalue weighted by Gasteiger charge is -2.43. The number of rotatable bonds is 5. The van der Waals surface area contributed by atoms with E-state index in [1.165, 1.54) is 0 Å². The Balaban J connectivity index is 1.28. The summed E-state index contributed by atoms with van der Waals surface area (Å²) in [6, 6.07) is 9.54. The molecule has 168 valence electrons. The number of anilines is 1. The summed E-state index contributed by atoms with van der Waals surface area (Å²) in [5.41, 5.74) is 0.970. The number of piperidine rings is 2. The molecule has 2 amide bonds. The number of amides is 2. The standard InChI is InChI=1S/C24H29N5O3/c30-22-6-2-4-11-27(22)12-10-26-23(31)19-7-8-20-18-13-17(15-29(20)24(19)32)14-28(16-18)21-5-1-3-9-25-21/h1,3,5,7-9,17-18H,2,4,6,10-16H2,(H,26,31)/t17-,18+/m0/s1. The van der Waals surface area contributed by atoms with Gasteiger partial charge in [0.25, 0.3) is 11.5 Å². The predicted molar refractivity (Wildman–Crippen MR) is 121 cm³/mol. The normalized spacial score (nSPS) is 22.4. The van der Waals surface area contributed by atoms with E-state index in [0.29, 0.717) is 32.0 Å². The van der Waals surface area contributed by atoms with Crippen LogP contribution in [-0.4, -0.2) is 59.0 Å². The highest BCUT2D eigenvalue weighted by atomic mass is 16.2. The number of hydrogen-bond acceptors (Lipinski definition) is 5. The van der Waals surface area contributed by atoms with Gasteiger partial charge in [0, 0.05) is 63.5 Å². The summed E-state index contributed by atoms with van der Waals surface area (Å²) >= 11 is 0. The van der Waals surface area contributed by atoms with Crippen molar-refractivity contribution < 1.29 is 9.59 Å². The van der Waals surface area contributed by atoms with Gasteiger partial charge in [0.15, 0.2) is 0 Å². The highest BCUT2D eigenvalue weighted by molar-refractivity contribution is 5.93. The van der Waals surface area contributed by atoms with Crippen molar-refractivity contribution in [2.75, 3.05) is 37.6 Å². The van der Waals surface area contributed by atoms with Crippen molar-refractivity contribution in [1.82, 2.24) is 19.8 Å². The van der Waals surface area contributed by atoms with E-state index in [1.807, 2.05) is 30.5 Å². The topological polar surface area (TPSA) is 87.5 Å². The highest BCUT2D eigenvalue weighted by Crippen LogP contribution is 2.36. The van der Waals surface area contributed by atoms with Gasteiger partial charge in [0.2, 0.25) is 5.91 Å². The zero-order valence-electron chi connectivity index (χ0n) is 18.2. The average Bonchev–Trinajstić information content (AvgIpc) is 2.81. The molecule has 32 heavy (non-hydrogen) atoms. The molecular weight excluding hydrogens is 406 g/mol. The van der Waals surface area contributed by atoms with Crippen LogP contribution in [0, 0.1) is 5.92 Å². The lowest BCUT2D eigenvalue weighted by molar-refractivity contribution is -0.133. The number of hydrogen-bond donors (Lipinski definition) is 1. The zero-order valence-corrected chi connectivity index (χ0v) is 18.2. The maximum absolute atomic E-state index is 13.2. The van der Waals surface area contributed by atoms with Gasteiger partial charge >= 0.3 is 0 Å². The fourth-order valence-electron chi connectivity index (χ4n) is 5.34. The first-order valence-electron chi connectivity index (χ1n) is 11.6. The van der Waals surface area contributed by atoms with Crippen molar-refractivity contribution in [3.05, 3.63) is 58.1 Å². The van der Waals surface area contributed by atoms with Crippen LogP contribution < -0.4 is 15.8 Å². The molecule has 0 saturated carbocycles. The van der Waals surface area contributed by atoms with Crippen LogP contribution in [0.4, 0.5) is 5.82 Å². The molecule has 2 bridgehead atoms. The monoisotopic (exact) mass is 435 g/mol. The van der Waals surface area contributed by atoms with Crippen LogP contribution in [-0.2, 0) is 11.3 Å². The molecule has 3 aliphatic rings. The van der Waals surface area contributed by atoms with E-state index in [9.17, 15) is 14.4 Å². The fraction of sp³-hybridized carbons (Fsp3) is 0.500. The van der Waals surface area contributed by atoms with Gasteiger partial charge in [0.1, 0.15) is 11.4 Å². The number of fused-ring (bicyclic) bond motifs is 4. The van der Waals surface area contributed by atoms with E-state index < -0.39 is 0 Å². The minimum absolute atomic E-state index is 0.144. The molecule has 2 atom stereocenters. The summed E-state index contributed by atoms with van der Waals surface area (Å²) in [5, 5.41) is 2.83. The lowest BCUT2D eigenvalue weighted by Crippen LogP contribution is -2.48. The molecule has 0 aromatic carbocycles. The van der Waals surface area contributed by atoms with Crippen LogP contribution in [0.15, 0.2) is 41.3 Å². The number of nitrogens with one attached hydrogen (secondary N) is 1. The van der Waals surface area contributed by atoms with Crippen molar-refractivity contribution in [2.45, 2.75) is 38.1 Å². The van der Waals surface area contributed by atoms with Gasteiger partial charge < -0.3 is 19.7 Å². The van der Waals surface area contributed by atoms with Gasteiger partial charge in [-0.25, -0.2) is 4.98 Å². The van der Waals surface area contributed by atoms with Gasteiger partial charge in [-0.05, 0) is 49.4 Å². The smallest absolute Gasteiger partial charge is 0.263 e. The van der Waals surface area contributed by atoms with E-state index in [0.717, 1.165) is 50.4 Å². The number of carbonyl (C=O) groups is 2. The third kappa shape index (κ3) is 4.01. The minimum Gasteiger partial charge on any atom is -0.356 e. The van der Waals surface area contributed by atoms with Gasteiger partial charge in [-0.3, -0.25) is 14.4 Å². The van der Waals surface area contributed by atoms with E-state index in [4.69, 9.17) is 0 Å². The highest BCUT2D eigenvalue weighted by Gasteiger charge is 2.35. The Morgan fingerprint density at radius 3 is 2.81 bits per heavy atom. The number of nitrogens with zero attached hydrogens (tertiary/aromatic N) is 4. The van der Waals surface area contributed by atoms with Crippen LogP contribution >= 0.6 is 0 Å². The van der Waals surface area contributed by atoms with E-state index >= 15 is 0 Å². The zero-order chi connectivity index (χ0) is 22.1. The second-order valence-corrected chi connectivity index (χ2v) is 9.07. The van der Waals surface area contributed by atoms with Gasteiger partial charge in [-0.2, -0.15) is 0 Å². The van der Waals surface area contributed by atoms with Crippen LogP contribution in [0.5, 0.6) is 0 Å². The Labute approximate surface area is 187 Å². The molecule has 5 heterocycles. The molecule has 2 fully saturated rings. The van der Waals surface area contributed by atoms with E-state index in [-0.39, 0.29) is 28.9 Å². The Bertz CT molecular complexity index is 1070. The summed E-state index contributed by atoms with van der Waals surface area (Å²) < 4.78 is 1.80. The second-order valence-electron chi connectivity index (χ2n) is 9.07. The van der Waals surface area contributed by atoms with Crippen molar-refractivity contribution in [3.63, 3.8) is 0 Å². The first kappa shape index (κ1) is 20.7. The first-order chi connectivity index (χ1) is 15.6. The molecule has 3 aliphatic heterocycles. The lowest BCUT2D eigenvalue weighted by atomic mass is 9.83. The largest absolute Gasteiger partial charge is 0.356 e. The molecule has 2 aromatic heterocycles. The van der Waals surface area contributed by atoms with Crippen molar-refractivity contribution >= 4 is 17.6 Å². The molecule has 2 aromatic rings. The number of pyridine rings is 2. The number of aromatic nitrogens is 2. The quantitative estimate of drug-likeness (QED) is 0.771. The summed E-state index contributed by atoms with van der Waals surface area (Å²) in [5.74, 6) is 1.36. The molecule has 1 N–H and O–H groups in total. The first-order valence-corrected chi connectivity index (χ1v) is 11.6. The molecule has 8 nitrogen and oxygen atoms in total.